The third-order valence-corrected chi connectivity index (χ3v) is 9.59. The van der Waals surface area contributed by atoms with Gasteiger partial charge in [0.1, 0.15) is 40.6 Å². The minimum atomic E-state index is -1.57. The van der Waals surface area contributed by atoms with Gasteiger partial charge < -0.3 is 43.0 Å². The zero-order valence-electron chi connectivity index (χ0n) is 27.1. The highest BCUT2D eigenvalue weighted by atomic mass is 32.2. The first-order chi connectivity index (χ1) is 21.7. The molecule has 3 saturated heterocycles. The average Bonchev–Trinajstić information content (AvgIpc) is 3.64. The van der Waals surface area contributed by atoms with E-state index in [1.807, 2.05) is 34.6 Å². The highest BCUT2D eigenvalue weighted by molar-refractivity contribution is 8.16. The van der Waals surface area contributed by atoms with E-state index in [9.17, 15) is 9.59 Å². The van der Waals surface area contributed by atoms with Gasteiger partial charge in [-0.3, -0.25) is 10.5 Å². The van der Waals surface area contributed by atoms with Crippen LogP contribution in [0, 0.1) is 5.92 Å². The maximum Gasteiger partial charge on any atom is 0.339 e. The van der Waals surface area contributed by atoms with Gasteiger partial charge in [-0.15, -0.1) is 11.8 Å². The molecule has 7 atom stereocenters. The number of rotatable bonds is 11. The Kier molecular flexibility index (Phi) is 9.30. The van der Waals surface area contributed by atoms with Gasteiger partial charge in [-0.05, 0) is 59.8 Å². The summed E-state index contributed by atoms with van der Waals surface area (Å²) in [6.45, 7) is 11.9. The van der Waals surface area contributed by atoms with Gasteiger partial charge in [0.05, 0.1) is 25.3 Å². The number of oxime groups is 1. The number of nitrogens with zero attached hydrogens (tertiary/aromatic N) is 2. The predicted octanol–water partition coefficient (Wildman–Crippen LogP) is 2.98. The molecule has 0 aromatic carbocycles. The molecular formula is C31H44N4O10S. The summed E-state index contributed by atoms with van der Waals surface area (Å²) in [4.78, 5) is 36.2. The Morgan fingerprint density at radius 3 is 2.63 bits per heavy atom. The summed E-state index contributed by atoms with van der Waals surface area (Å²) in [5.74, 6) is -0.728. The molecule has 15 heteroatoms. The van der Waals surface area contributed by atoms with Crippen molar-refractivity contribution in [3.05, 3.63) is 28.3 Å². The van der Waals surface area contributed by atoms with Crippen LogP contribution in [0.3, 0.4) is 0 Å². The lowest BCUT2D eigenvalue weighted by Gasteiger charge is -2.47. The SMILES string of the molecule is CCC[C@@H](NC(=O)[C@]1(N)CSC(/C(C)=N/O[C@H]2O[C@@H]3COC(C)(C)O[C@H]3[C@@H]3OC(C)(C)O[C@H]23)=N1)c1cc(OCC2CC2)cc(=O)o1. The van der Waals surface area contributed by atoms with E-state index in [0.29, 0.717) is 47.8 Å². The minimum absolute atomic E-state index is 0.179. The summed E-state index contributed by atoms with van der Waals surface area (Å²) in [5.41, 5.74) is 4.82. The van der Waals surface area contributed by atoms with Gasteiger partial charge in [0.25, 0.3) is 12.2 Å². The molecule has 0 unspecified atom stereocenters. The largest absolute Gasteiger partial charge is 0.493 e. The number of carbonyl (C=O) groups is 1. The summed E-state index contributed by atoms with van der Waals surface area (Å²) >= 11 is 1.29. The first-order valence-electron chi connectivity index (χ1n) is 15.9. The second-order valence-corrected chi connectivity index (χ2v) is 14.4. The first kappa shape index (κ1) is 33.4. The maximum atomic E-state index is 13.5. The Morgan fingerprint density at radius 1 is 1.15 bits per heavy atom. The van der Waals surface area contributed by atoms with Gasteiger partial charge >= 0.3 is 5.63 Å². The number of hydrogen-bond acceptors (Lipinski definition) is 14. The molecule has 4 fully saturated rings. The van der Waals surface area contributed by atoms with Crippen molar-refractivity contribution >= 4 is 28.4 Å². The van der Waals surface area contributed by atoms with E-state index < -0.39 is 65.5 Å². The van der Waals surface area contributed by atoms with Crippen LogP contribution in [0.5, 0.6) is 5.75 Å². The van der Waals surface area contributed by atoms with Gasteiger partial charge in [0, 0.05) is 11.8 Å². The molecule has 3 N–H and O–H groups in total. The van der Waals surface area contributed by atoms with Crippen LogP contribution in [0.4, 0.5) is 0 Å². The van der Waals surface area contributed by atoms with Gasteiger partial charge in [0.15, 0.2) is 23.3 Å². The molecule has 5 heterocycles. The van der Waals surface area contributed by atoms with Crippen LogP contribution in [0.25, 0.3) is 0 Å². The zero-order chi connectivity index (χ0) is 32.9. The number of aliphatic imine (C=N–C) groups is 1. The Morgan fingerprint density at radius 2 is 1.89 bits per heavy atom. The number of thioether (sulfide) groups is 1. The molecule has 1 aromatic heterocycles. The van der Waals surface area contributed by atoms with Gasteiger partial charge in [-0.25, -0.2) is 9.79 Å². The normalized spacial score (nSPS) is 33.8. The molecule has 0 bridgehead atoms. The number of carbonyl (C=O) groups excluding carboxylic acids is 1. The predicted molar refractivity (Wildman–Crippen MR) is 167 cm³/mol. The Balaban J connectivity index is 1.12. The smallest absolute Gasteiger partial charge is 0.339 e. The second-order valence-electron chi connectivity index (χ2n) is 13.4. The van der Waals surface area contributed by atoms with E-state index in [2.05, 4.69) is 15.5 Å². The molecule has 1 aliphatic carbocycles. The molecule has 1 saturated carbocycles. The fourth-order valence-corrected chi connectivity index (χ4v) is 6.83. The summed E-state index contributed by atoms with van der Waals surface area (Å²) in [5, 5.41) is 7.68. The molecule has 14 nitrogen and oxygen atoms in total. The van der Waals surface area contributed by atoms with Crippen LogP contribution in [0.2, 0.25) is 0 Å². The molecule has 254 valence electrons. The van der Waals surface area contributed by atoms with E-state index in [1.165, 1.54) is 17.8 Å². The molecule has 1 aromatic rings. The number of amides is 1. The van der Waals surface area contributed by atoms with Gasteiger partial charge in [-0.2, -0.15) is 0 Å². The molecular weight excluding hydrogens is 620 g/mol. The molecule has 6 rings (SSSR count). The molecule has 0 radical (unpaired) electrons. The van der Waals surface area contributed by atoms with E-state index in [0.717, 1.165) is 19.3 Å². The standard InChI is InChI=1S/C31H44N4O10S/c1-7-8-19(20-11-18(12-22(36)40-20)38-13-17-9-10-17)33-28(37)31(32)15-46-26(34-31)16(2)35-45-27-25-24(43-30(5,6)44-25)23-21(41-27)14-39-29(3,4)42-23/h11-12,17,19,21,23-25,27H,7-10,13-15,32H2,1-6H3,(H,33,37)/b35-16+/t19-,21-,23-,24+,25+,27-,31+/m1/s1. The lowest BCUT2D eigenvalue weighted by atomic mass is 9.97. The van der Waals surface area contributed by atoms with Crippen LogP contribution >= 0.6 is 11.8 Å². The number of hydrogen-bond donors (Lipinski definition) is 2. The van der Waals surface area contributed by atoms with Crippen molar-refractivity contribution in [1.82, 2.24) is 5.32 Å². The van der Waals surface area contributed by atoms with E-state index in [1.54, 1.807) is 13.0 Å². The summed E-state index contributed by atoms with van der Waals surface area (Å²) in [7, 11) is 0. The topological polar surface area (TPSA) is 175 Å². The van der Waals surface area contributed by atoms with Crippen LogP contribution < -0.4 is 21.4 Å². The van der Waals surface area contributed by atoms with Crippen molar-refractivity contribution in [2.45, 2.75) is 121 Å². The quantitative estimate of drug-likeness (QED) is 0.262. The van der Waals surface area contributed by atoms with Gasteiger partial charge in [0.2, 0.25) is 0 Å². The van der Waals surface area contributed by atoms with Crippen molar-refractivity contribution in [2.24, 2.45) is 21.8 Å². The summed E-state index contributed by atoms with van der Waals surface area (Å²) in [6.07, 6.45) is 0.679. The molecule has 46 heavy (non-hydrogen) atoms. The van der Waals surface area contributed by atoms with Crippen molar-refractivity contribution in [3.63, 3.8) is 0 Å². The zero-order valence-corrected chi connectivity index (χ0v) is 27.9. The number of nitrogens with one attached hydrogen (secondary N) is 1. The van der Waals surface area contributed by atoms with Crippen molar-refractivity contribution in [1.29, 1.82) is 0 Å². The summed E-state index contributed by atoms with van der Waals surface area (Å²) in [6, 6.07) is 2.39. The average molecular weight is 665 g/mol. The second kappa shape index (κ2) is 12.8. The van der Waals surface area contributed by atoms with Crippen molar-refractivity contribution in [3.8, 4) is 5.75 Å². The van der Waals surface area contributed by atoms with Crippen LogP contribution in [0.15, 0.2) is 31.5 Å². The first-order valence-corrected chi connectivity index (χ1v) is 16.9. The lowest BCUT2D eigenvalue weighted by molar-refractivity contribution is -0.370. The number of ether oxygens (including phenoxy) is 6. The van der Waals surface area contributed by atoms with Crippen molar-refractivity contribution in [2.75, 3.05) is 19.0 Å². The summed E-state index contributed by atoms with van der Waals surface area (Å²) < 4.78 is 41.7. The van der Waals surface area contributed by atoms with Crippen LogP contribution in [-0.4, -0.2) is 83.6 Å². The molecule has 4 aliphatic heterocycles. The van der Waals surface area contributed by atoms with Crippen LogP contribution in [-0.2, 0) is 33.3 Å². The van der Waals surface area contributed by atoms with Crippen LogP contribution in [0.1, 0.15) is 79.0 Å². The highest BCUT2D eigenvalue weighted by Gasteiger charge is 2.59. The van der Waals surface area contributed by atoms with Gasteiger partial charge in [-0.1, -0.05) is 18.5 Å². The fraction of sp³-hybridized carbons (Fsp3) is 0.742. The lowest BCUT2D eigenvalue weighted by Crippen LogP contribution is -2.63. The number of nitrogens with two attached hydrogens (primary N) is 1. The third-order valence-electron chi connectivity index (χ3n) is 8.34. The Labute approximate surface area is 272 Å². The Bertz CT molecular complexity index is 1430. The Hall–Kier alpha value is -2.53. The maximum absolute atomic E-state index is 13.5. The highest BCUT2D eigenvalue weighted by Crippen LogP contribution is 2.42. The molecule has 1 amide bonds. The fourth-order valence-electron chi connectivity index (χ4n) is 5.81. The monoisotopic (exact) mass is 664 g/mol. The third kappa shape index (κ3) is 7.45. The molecule has 0 spiro atoms. The van der Waals surface area contributed by atoms with Crippen molar-refractivity contribution < 1.29 is 42.5 Å². The van der Waals surface area contributed by atoms with E-state index >= 15 is 0 Å². The number of fused-ring (bicyclic) bond motifs is 3. The van der Waals surface area contributed by atoms with E-state index in [-0.39, 0.29) is 5.75 Å². The minimum Gasteiger partial charge on any atom is -0.493 e. The molecule has 5 aliphatic rings. The van der Waals surface area contributed by atoms with E-state index in [4.69, 9.17) is 43.4 Å².